The Morgan fingerprint density at radius 3 is 2.68 bits per heavy atom. The Morgan fingerprint density at radius 2 is 1.84 bits per heavy atom. The van der Waals surface area contributed by atoms with Gasteiger partial charge in [0.15, 0.2) is 0 Å². The van der Waals surface area contributed by atoms with E-state index in [4.69, 9.17) is 23.2 Å². The molecule has 1 saturated heterocycles. The van der Waals surface area contributed by atoms with Gasteiger partial charge in [0.2, 0.25) is 0 Å². The maximum atomic E-state index is 13.3. The van der Waals surface area contributed by atoms with E-state index in [0.717, 1.165) is 27.7 Å². The second kappa shape index (κ2) is 6.91. The molecule has 126 valence electrons. The average molecular weight is 388 g/mol. The topological polar surface area (TPSA) is 20.3 Å². The van der Waals surface area contributed by atoms with Gasteiger partial charge in [-0.15, -0.1) is 11.8 Å². The number of fused-ring (bicyclic) bond motifs is 1. The van der Waals surface area contributed by atoms with E-state index in [1.54, 1.807) is 17.8 Å². The molecule has 5 heteroatoms. The van der Waals surface area contributed by atoms with Crippen LogP contribution in [0.1, 0.15) is 21.3 Å². The van der Waals surface area contributed by atoms with E-state index in [1.165, 1.54) is 0 Å². The molecule has 1 amide bonds. The number of amides is 1. The summed E-state index contributed by atoms with van der Waals surface area (Å²) >= 11 is 14.1. The van der Waals surface area contributed by atoms with Gasteiger partial charge in [0.05, 0.1) is 0 Å². The van der Waals surface area contributed by atoms with E-state index in [9.17, 15) is 4.79 Å². The van der Waals surface area contributed by atoms with Crippen molar-refractivity contribution in [3.05, 3.63) is 81.8 Å². The molecule has 1 aliphatic heterocycles. The highest BCUT2D eigenvalue weighted by Gasteiger charge is 2.33. The molecule has 0 bridgehead atoms. The summed E-state index contributed by atoms with van der Waals surface area (Å²) in [6.07, 6.45) is 0. The smallest absolute Gasteiger partial charge is 0.255 e. The number of rotatable bonds is 2. The van der Waals surface area contributed by atoms with Crippen LogP contribution in [0.5, 0.6) is 0 Å². The summed E-state index contributed by atoms with van der Waals surface area (Å²) in [4.78, 5) is 15.2. The molecule has 0 radical (unpaired) electrons. The number of hydrogen-bond acceptors (Lipinski definition) is 2. The molecule has 0 saturated carbocycles. The molecule has 0 N–H and O–H groups in total. The number of hydrogen-bond donors (Lipinski definition) is 0. The van der Waals surface area contributed by atoms with Crippen LogP contribution >= 0.6 is 35.0 Å². The van der Waals surface area contributed by atoms with Crippen LogP contribution < -0.4 is 0 Å². The lowest BCUT2D eigenvalue weighted by Gasteiger charge is -2.25. The number of carbonyl (C=O) groups is 1. The summed E-state index contributed by atoms with van der Waals surface area (Å²) < 4.78 is 0. The SMILES string of the molecule is O=C(c1cccc2ccccc12)N1CCSC1c1ccc(Cl)cc1Cl. The minimum Gasteiger partial charge on any atom is -0.322 e. The molecule has 3 aromatic carbocycles. The van der Waals surface area contributed by atoms with Gasteiger partial charge in [-0.3, -0.25) is 4.79 Å². The van der Waals surface area contributed by atoms with Gasteiger partial charge in [-0.2, -0.15) is 0 Å². The van der Waals surface area contributed by atoms with E-state index in [1.807, 2.05) is 59.5 Å². The van der Waals surface area contributed by atoms with Crippen LogP contribution in [0.25, 0.3) is 10.8 Å². The molecule has 1 aliphatic rings. The maximum absolute atomic E-state index is 13.3. The van der Waals surface area contributed by atoms with E-state index in [-0.39, 0.29) is 11.3 Å². The predicted molar refractivity (Wildman–Crippen MR) is 107 cm³/mol. The molecule has 1 atom stereocenters. The van der Waals surface area contributed by atoms with Gasteiger partial charge in [-0.1, -0.05) is 65.7 Å². The fourth-order valence-electron chi connectivity index (χ4n) is 3.20. The summed E-state index contributed by atoms with van der Waals surface area (Å²) in [5, 5.41) is 3.16. The molecule has 1 heterocycles. The minimum atomic E-state index is -0.0868. The van der Waals surface area contributed by atoms with Crippen molar-refractivity contribution in [3.63, 3.8) is 0 Å². The molecule has 1 fully saturated rings. The van der Waals surface area contributed by atoms with Crippen molar-refractivity contribution in [2.45, 2.75) is 5.37 Å². The van der Waals surface area contributed by atoms with Gasteiger partial charge in [0.25, 0.3) is 5.91 Å². The first-order valence-corrected chi connectivity index (χ1v) is 9.81. The Labute approximate surface area is 160 Å². The summed E-state index contributed by atoms with van der Waals surface area (Å²) in [5.74, 6) is 0.929. The molecule has 0 aliphatic carbocycles. The standard InChI is InChI=1S/C20H15Cl2NOS/c21-14-8-9-17(18(22)12-14)20-23(10-11-25-20)19(24)16-7-3-5-13-4-1-2-6-15(13)16/h1-9,12,20H,10-11H2. The summed E-state index contributed by atoms with van der Waals surface area (Å²) in [6, 6.07) is 19.3. The first kappa shape index (κ1) is 16.8. The Balaban J connectivity index is 1.73. The van der Waals surface area contributed by atoms with Crippen LogP contribution in [0, 0.1) is 0 Å². The van der Waals surface area contributed by atoms with Crippen molar-refractivity contribution in [2.75, 3.05) is 12.3 Å². The van der Waals surface area contributed by atoms with Crippen molar-refractivity contribution < 1.29 is 4.79 Å². The Kier molecular flexibility index (Phi) is 4.63. The molecule has 0 spiro atoms. The zero-order chi connectivity index (χ0) is 17.4. The third kappa shape index (κ3) is 3.12. The van der Waals surface area contributed by atoms with Crippen molar-refractivity contribution in [1.82, 2.24) is 4.90 Å². The fraction of sp³-hybridized carbons (Fsp3) is 0.150. The lowest BCUT2D eigenvalue weighted by molar-refractivity contribution is 0.0762. The fourth-order valence-corrected chi connectivity index (χ4v) is 5.07. The molecular formula is C20H15Cl2NOS. The van der Waals surface area contributed by atoms with Crippen LogP contribution in [0.3, 0.4) is 0 Å². The van der Waals surface area contributed by atoms with Crippen molar-refractivity contribution in [1.29, 1.82) is 0 Å². The van der Waals surface area contributed by atoms with Crippen LogP contribution in [-0.2, 0) is 0 Å². The summed E-state index contributed by atoms with van der Waals surface area (Å²) in [5.41, 5.74) is 1.66. The van der Waals surface area contributed by atoms with E-state index in [0.29, 0.717) is 16.6 Å². The van der Waals surface area contributed by atoms with E-state index < -0.39 is 0 Å². The van der Waals surface area contributed by atoms with Gasteiger partial charge >= 0.3 is 0 Å². The van der Waals surface area contributed by atoms with Crippen molar-refractivity contribution in [3.8, 4) is 0 Å². The summed E-state index contributed by atoms with van der Waals surface area (Å²) in [6.45, 7) is 0.705. The highest BCUT2D eigenvalue weighted by molar-refractivity contribution is 7.99. The molecule has 25 heavy (non-hydrogen) atoms. The molecule has 4 rings (SSSR count). The zero-order valence-electron chi connectivity index (χ0n) is 13.3. The number of carbonyl (C=O) groups excluding carboxylic acids is 1. The Bertz CT molecular complexity index is 954. The minimum absolute atomic E-state index is 0.0396. The largest absolute Gasteiger partial charge is 0.322 e. The Hall–Kier alpha value is -1.68. The highest BCUT2D eigenvalue weighted by atomic mass is 35.5. The quantitative estimate of drug-likeness (QED) is 0.534. The lowest BCUT2D eigenvalue weighted by atomic mass is 10.0. The molecular weight excluding hydrogens is 373 g/mol. The van der Waals surface area contributed by atoms with Crippen LogP contribution in [0.2, 0.25) is 10.0 Å². The van der Waals surface area contributed by atoms with Gasteiger partial charge in [-0.05, 0) is 29.0 Å². The van der Waals surface area contributed by atoms with E-state index >= 15 is 0 Å². The third-order valence-electron chi connectivity index (χ3n) is 4.40. The first-order valence-electron chi connectivity index (χ1n) is 8.00. The van der Waals surface area contributed by atoms with Crippen molar-refractivity contribution >= 4 is 51.6 Å². The van der Waals surface area contributed by atoms with Crippen LogP contribution in [0.15, 0.2) is 60.7 Å². The lowest BCUT2D eigenvalue weighted by Crippen LogP contribution is -2.30. The Morgan fingerprint density at radius 1 is 1.04 bits per heavy atom. The first-order chi connectivity index (χ1) is 12.1. The summed E-state index contributed by atoms with van der Waals surface area (Å²) in [7, 11) is 0. The van der Waals surface area contributed by atoms with Crippen LogP contribution in [-0.4, -0.2) is 23.1 Å². The third-order valence-corrected chi connectivity index (χ3v) is 6.21. The van der Waals surface area contributed by atoms with Crippen molar-refractivity contribution in [2.24, 2.45) is 0 Å². The van der Waals surface area contributed by atoms with E-state index in [2.05, 4.69) is 0 Å². The number of nitrogens with zero attached hydrogens (tertiary/aromatic N) is 1. The average Bonchev–Trinajstić information content (AvgIpc) is 3.10. The monoisotopic (exact) mass is 387 g/mol. The second-order valence-electron chi connectivity index (χ2n) is 5.91. The number of thioether (sulfide) groups is 1. The molecule has 0 aromatic heterocycles. The zero-order valence-corrected chi connectivity index (χ0v) is 15.6. The molecule has 2 nitrogen and oxygen atoms in total. The van der Waals surface area contributed by atoms with Gasteiger partial charge in [-0.25, -0.2) is 0 Å². The number of benzene rings is 3. The molecule has 1 unspecified atom stereocenters. The van der Waals surface area contributed by atoms with Gasteiger partial charge in [0, 0.05) is 33.5 Å². The van der Waals surface area contributed by atoms with Gasteiger partial charge in [0.1, 0.15) is 5.37 Å². The normalized spacial score (nSPS) is 17.2. The van der Waals surface area contributed by atoms with Gasteiger partial charge < -0.3 is 4.90 Å². The maximum Gasteiger partial charge on any atom is 0.255 e. The second-order valence-corrected chi connectivity index (χ2v) is 7.95. The number of halogens is 2. The predicted octanol–water partition coefficient (Wildman–Crippen LogP) is 6.03. The van der Waals surface area contributed by atoms with Crippen LogP contribution in [0.4, 0.5) is 0 Å². The molecule has 3 aromatic rings. The highest BCUT2D eigenvalue weighted by Crippen LogP contribution is 2.42.